The highest BCUT2D eigenvalue weighted by molar-refractivity contribution is 5.85. The Morgan fingerprint density at radius 3 is 2.36 bits per heavy atom. The summed E-state index contributed by atoms with van der Waals surface area (Å²) in [4.78, 5) is 4.15. The molecule has 2 heterocycles. The van der Waals surface area contributed by atoms with Crippen LogP contribution in [-0.4, -0.2) is 9.55 Å². The number of nitrogen functional groups attached to an aromatic ring is 1. The molecule has 4 nitrogen and oxygen atoms in total. The maximum atomic E-state index is 6.37. The molecule has 3 rings (SSSR count). The molecule has 0 fully saturated rings. The van der Waals surface area contributed by atoms with Gasteiger partial charge in [0.1, 0.15) is 5.75 Å². The van der Waals surface area contributed by atoms with Gasteiger partial charge in [0, 0.05) is 29.6 Å². The monoisotopic (exact) mass is 343 g/mol. The van der Waals surface area contributed by atoms with E-state index in [0.717, 1.165) is 28.1 Å². The molecule has 1 aromatic heterocycles. The van der Waals surface area contributed by atoms with Gasteiger partial charge >= 0.3 is 0 Å². The number of imidazole rings is 1. The number of nitrogens with zero attached hydrogens (tertiary/aromatic N) is 2. The Kier molecular flexibility index (Phi) is 5.10. The van der Waals surface area contributed by atoms with Crippen molar-refractivity contribution in [3.05, 3.63) is 41.0 Å². The number of ether oxygens (including phenoxy) is 1. The quantitative estimate of drug-likeness (QED) is 0.793. The van der Waals surface area contributed by atoms with Gasteiger partial charge in [-0.25, -0.2) is 4.98 Å². The van der Waals surface area contributed by atoms with Crippen LogP contribution in [0, 0.1) is 20.8 Å². The summed E-state index contributed by atoms with van der Waals surface area (Å²) in [5.41, 5.74) is 11.3. The summed E-state index contributed by atoms with van der Waals surface area (Å²) in [6.45, 7) is 10.5. The first-order valence-electron chi connectivity index (χ1n) is 6.94. The van der Waals surface area contributed by atoms with Gasteiger partial charge < -0.3 is 10.5 Å². The van der Waals surface area contributed by atoms with Crippen molar-refractivity contribution in [3.8, 4) is 5.75 Å². The molecule has 0 spiro atoms. The standard InChI is InChI=1S/C16H21N3O.2ClH/c1-9-10(2)15-13(11(3)14(9)17)12(4)16(5,20-15)19-7-6-18-8-19;;/h6-8,12H,17H2,1-5H3;2*1H. The minimum atomic E-state index is -0.450. The van der Waals surface area contributed by atoms with Crippen LogP contribution in [0.5, 0.6) is 5.75 Å². The number of benzene rings is 1. The van der Waals surface area contributed by atoms with E-state index in [9.17, 15) is 0 Å². The highest BCUT2D eigenvalue weighted by atomic mass is 35.5. The molecule has 0 bridgehead atoms. The molecule has 0 saturated carbocycles. The normalized spacial score (nSPS) is 22.3. The molecule has 0 aliphatic carbocycles. The van der Waals surface area contributed by atoms with Gasteiger partial charge in [-0.3, -0.25) is 4.57 Å². The number of halogens is 2. The van der Waals surface area contributed by atoms with Gasteiger partial charge in [-0.2, -0.15) is 0 Å². The Bertz CT molecular complexity index is 685. The van der Waals surface area contributed by atoms with Crippen molar-refractivity contribution in [1.82, 2.24) is 9.55 Å². The van der Waals surface area contributed by atoms with E-state index in [1.165, 1.54) is 5.56 Å². The van der Waals surface area contributed by atoms with Crippen LogP contribution < -0.4 is 10.5 Å². The zero-order valence-electron chi connectivity index (χ0n) is 13.5. The Hall–Kier alpha value is -1.39. The van der Waals surface area contributed by atoms with E-state index in [1.54, 1.807) is 6.20 Å². The Morgan fingerprint density at radius 2 is 1.82 bits per heavy atom. The molecule has 122 valence electrons. The van der Waals surface area contributed by atoms with Crippen LogP contribution >= 0.6 is 24.8 Å². The van der Waals surface area contributed by atoms with Crippen molar-refractivity contribution in [2.45, 2.75) is 46.3 Å². The molecule has 1 aliphatic rings. The van der Waals surface area contributed by atoms with Crippen LogP contribution in [0.25, 0.3) is 0 Å². The van der Waals surface area contributed by atoms with Crippen molar-refractivity contribution in [2.75, 3.05) is 5.73 Å². The van der Waals surface area contributed by atoms with Crippen molar-refractivity contribution in [3.63, 3.8) is 0 Å². The molecule has 1 aliphatic heterocycles. The van der Waals surface area contributed by atoms with E-state index in [4.69, 9.17) is 10.5 Å². The molecule has 0 amide bonds. The minimum Gasteiger partial charge on any atom is -0.467 e. The number of nitrogens with two attached hydrogens (primary N) is 1. The Morgan fingerprint density at radius 1 is 1.18 bits per heavy atom. The minimum absolute atomic E-state index is 0. The lowest BCUT2D eigenvalue weighted by atomic mass is 9.87. The van der Waals surface area contributed by atoms with Gasteiger partial charge in [-0.15, -0.1) is 24.8 Å². The molecule has 0 saturated heterocycles. The van der Waals surface area contributed by atoms with E-state index < -0.39 is 5.72 Å². The molecular formula is C16H23Cl2N3O. The number of fused-ring (bicyclic) bond motifs is 1. The summed E-state index contributed by atoms with van der Waals surface area (Å²) in [6, 6.07) is 0. The number of hydrogen-bond acceptors (Lipinski definition) is 3. The molecule has 1 aromatic carbocycles. The molecule has 2 N–H and O–H groups in total. The number of rotatable bonds is 1. The average Bonchev–Trinajstić information content (AvgIpc) is 3.03. The van der Waals surface area contributed by atoms with Crippen LogP contribution in [0.4, 0.5) is 5.69 Å². The maximum absolute atomic E-state index is 6.37. The van der Waals surface area contributed by atoms with Crippen LogP contribution in [0.1, 0.15) is 42.0 Å². The van der Waals surface area contributed by atoms with Gasteiger partial charge in [-0.1, -0.05) is 6.92 Å². The van der Waals surface area contributed by atoms with Crippen LogP contribution in [-0.2, 0) is 5.72 Å². The first-order valence-corrected chi connectivity index (χ1v) is 6.94. The van der Waals surface area contributed by atoms with Gasteiger partial charge in [0.25, 0.3) is 0 Å². The summed E-state index contributed by atoms with van der Waals surface area (Å²) in [5.74, 6) is 1.20. The van der Waals surface area contributed by atoms with E-state index in [-0.39, 0.29) is 30.7 Å². The van der Waals surface area contributed by atoms with E-state index >= 15 is 0 Å². The number of anilines is 1. The molecule has 22 heavy (non-hydrogen) atoms. The molecule has 2 unspecified atom stereocenters. The summed E-state index contributed by atoms with van der Waals surface area (Å²) < 4.78 is 8.40. The van der Waals surface area contributed by atoms with Crippen LogP contribution in [0.2, 0.25) is 0 Å². The summed E-state index contributed by atoms with van der Waals surface area (Å²) in [6.07, 6.45) is 5.54. The molecule has 6 heteroatoms. The lowest BCUT2D eigenvalue weighted by molar-refractivity contribution is 0.0127. The van der Waals surface area contributed by atoms with Crippen molar-refractivity contribution >= 4 is 30.5 Å². The van der Waals surface area contributed by atoms with E-state index in [1.807, 2.05) is 17.1 Å². The highest BCUT2D eigenvalue weighted by Gasteiger charge is 2.45. The summed E-state index contributed by atoms with van der Waals surface area (Å²) in [5, 5.41) is 0. The first-order chi connectivity index (χ1) is 9.38. The SMILES string of the molecule is Cc1c(C)c2c(c(C)c1N)C(C)C(C)(n1ccnc1)O2.Cl.Cl. The second kappa shape index (κ2) is 6.01. The fraction of sp³-hybridized carbons (Fsp3) is 0.438. The lowest BCUT2D eigenvalue weighted by Crippen LogP contribution is -2.36. The van der Waals surface area contributed by atoms with Crippen LogP contribution in [0.3, 0.4) is 0 Å². The fourth-order valence-electron chi connectivity index (χ4n) is 3.18. The molecule has 2 atom stereocenters. The van der Waals surface area contributed by atoms with Crippen molar-refractivity contribution in [2.24, 2.45) is 0 Å². The van der Waals surface area contributed by atoms with Crippen molar-refractivity contribution in [1.29, 1.82) is 0 Å². The summed E-state index contributed by atoms with van der Waals surface area (Å²) in [7, 11) is 0. The lowest BCUT2D eigenvalue weighted by Gasteiger charge is -2.30. The molecular weight excluding hydrogens is 321 g/mol. The van der Waals surface area contributed by atoms with Crippen LogP contribution in [0.15, 0.2) is 18.7 Å². The van der Waals surface area contributed by atoms with E-state index in [0.29, 0.717) is 0 Å². The second-order valence-corrected chi connectivity index (χ2v) is 5.88. The average molecular weight is 344 g/mol. The smallest absolute Gasteiger partial charge is 0.191 e. The predicted octanol–water partition coefficient (Wildman–Crippen LogP) is 4.10. The Balaban J connectivity index is 0.00000121. The zero-order valence-corrected chi connectivity index (χ0v) is 15.1. The highest BCUT2D eigenvalue weighted by Crippen LogP contribution is 2.52. The maximum Gasteiger partial charge on any atom is 0.191 e. The molecule has 2 aromatic rings. The second-order valence-electron chi connectivity index (χ2n) is 5.88. The number of hydrogen-bond donors (Lipinski definition) is 1. The van der Waals surface area contributed by atoms with Gasteiger partial charge in [-0.05, 0) is 44.4 Å². The zero-order chi connectivity index (χ0) is 14.7. The predicted molar refractivity (Wildman–Crippen MR) is 94.5 cm³/mol. The fourth-order valence-corrected chi connectivity index (χ4v) is 3.18. The van der Waals surface area contributed by atoms with Crippen molar-refractivity contribution < 1.29 is 4.74 Å². The summed E-state index contributed by atoms with van der Waals surface area (Å²) >= 11 is 0. The third kappa shape index (κ3) is 2.25. The van der Waals surface area contributed by atoms with E-state index in [2.05, 4.69) is 39.6 Å². The third-order valence-corrected chi connectivity index (χ3v) is 4.92. The molecule has 0 radical (unpaired) electrons. The van der Waals surface area contributed by atoms with Gasteiger partial charge in [0.05, 0.1) is 6.33 Å². The first kappa shape index (κ1) is 18.7. The Labute approximate surface area is 143 Å². The largest absolute Gasteiger partial charge is 0.467 e. The van der Waals surface area contributed by atoms with Gasteiger partial charge in [0.2, 0.25) is 0 Å². The number of aromatic nitrogens is 2. The topological polar surface area (TPSA) is 53.1 Å². The van der Waals surface area contributed by atoms with Gasteiger partial charge in [0.15, 0.2) is 5.72 Å². The third-order valence-electron chi connectivity index (χ3n) is 4.92.